The number of ether oxygens (including phenoxy) is 3. The van der Waals surface area contributed by atoms with E-state index in [2.05, 4.69) is 10.6 Å². The summed E-state index contributed by atoms with van der Waals surface area (Å²) in [6, 6.07) is 13.2. The second-order valence-corrected chi connectivity index (χ2v) is 5.63. The molecule has 6 nitrogen and oxygen atoms in total. The van der Waals surface area contributed by atoms with E-state index in [9.17, 15) is 4.79 Å². The van der Waals surface area contributed by atoms with Gasteiger partial charge >= 0.3 is 6.03 Å². The standard InChI is InChI=1S/C20H26N2O4/c1-4-26-17-8-5-16(6-9-17)14-22-20(23)21-12-11-15-7-10-18(24-2)19(13-15)25-3/h5-10,13H,4,11-12,14H2,1-3H3,(H2,21,22,23). The van der Waals surface area contributed by atoms with Gasteiger partial charge in [0.15, 0.2) is 11.5 Å². The molecule has 0 atom stereocenters. The maximum atomic E-state index is 11.9. The third kappa shape index (κ3) is 5.88. The Hall–Kier alpha value is -2.89. The van der Waals surface area contributed by atoms with Crippen LogP contribution in [0.3, 0.4) is 0 Å². The maximum absolute atomic E-state index is 11.9. The van der Waals surface area contributed by atoms with Gasteiger partial charge in [0.05, 0.1) is 20.8 Å². The molecule has 2 rings (SSSR count). The van der Waals surface area contributed by atoms with Gasteiger partial charge in [-0.25, -0.2) is 4.79 Å². The molecule has 140 valence electrons. The second-order valence-electron chi connectivity index (χ2n) is 5.63. The highest BCUT2D eigenvalue weighted by molar-refractivity contribution is 5.73. The van der Waals surface area contributed by atoms with Crippen molar-refractivity contribution in [1.82, 2.24) is 10.6 Å². The molecule has 0 spiro atoms. The zero-order valence-electron chi connectivity index (χ0n) is 15.5. The minimum Gasteiger partial charge on any atom is -0.494 e. The van der Waals surface area contributed by atoms with E-state index in [1.165, 1.54) is 0 Å². The summed E-state index contributed by atoms with van der Waals surface area (Å²) in [5.41, 5.74) is 2.08. The molecular formula is C20H26N2O4. The first-order valence-electron chi connectivity index (χ1n) is 8.60. The molecule has 0 unspecified atom stereocenters. The van der Waals surface area contributed by atoms with E-state index in [1.807, 2.05) is 49.4 Å². The van der Waals surface area contributed by atoms with Gasteiger partial charge in [0.2, 0.25) is 0 Å². The van der Waals surface area contributed by atoms with Gasteiger partial charge in [-0.1, -0.05) is 18.2 Å². The van der Waals surface area contributed by atoms with Gasteiger partial charge in [0.25, 0.3) is 0 Å². The van der Waals surface area contributed by atoms with Gasteiger partial charge in [-0.15, -0.1) is 0 Å². The van der Waals surface area contributed by atoms with Crippen molar-refractivity contribution < 1.29 is 19.0 Å². The van der Waals surface area contributed by atoms with Gasteiger partial charge < -0.3 is 24.8 Å². The van der Waals surface area contributed by atoms with Crippen molar-refractivity contribution in [2.45, 2.75) is 19.9 Å². The van der Waals surface area contributed by atoms with Crippen molar-refractivity contribution >= 4 is 6.03 Å². The number of nitrogens with one attached hydrogen (secondary N) is 2. The van der Waals surface area contributed by atoms with Crippen molar-refractivity contribution in [3.8, 4) is 17.2 Å². The Kier molecular flexibility index (Phi) is 7.61. The molecule has 6 heteroatoms. The molecule has 26 heavy (non-hydrogen) atoms. The average Bonchev–Trinajstić information content (AvgIpc) is 2.67. The number of benzene rings is 2. The van der Waals surface area contributed by atoms with Gasteiger partial charge in [0.1, 0.15) is 5.75 Å². The molecule has 0 saturated heterocycles. The van der Waals surface area contributed by atoms with Gasteiger partial charge in [-0.3, -0.25) is 0 Å². The molecule has 0 fully saturated rings. The number of urea groups is 1. The second kappa shape index (κ2) is 10.2. The summed E-state index contributed by atoms with van der Waals surface area (Å²) in [5.74, 6) is 2.21. The molecule has 0 heterocycles. The van der Waals surface area contributed by atoms with E-state index in [1.54, 1.807) is 14.2 Å². The first-order chi connectivity index (χ1) is 12.7. The fraction of sp³-hybridized carbons (Fsp3) is 0.350. The molecule has 0 bridgehead atoms. The lowest BCUT2D eigenvalue weighted by molar-refractivity contribution is 0.240. The fourth-order valence-electron chi connectivity index (χ4n) is 2.47. The molecule has 0 radical (unpaired) electrons. The Labute approximate surface area is 154 Å². The highest BCUT2D eigenvalue weighted by atomic mass is 16.5. The summed E-state index contributed by atoms with van der Waals surface area (Å²) in [5, 5.41) is 5.69. The smallest absolute Gasteiger partial charge is 0.315 e. The number of rotatable bonds is 9. The zero-order valence-corrected chi connectivity index (χ0v) is 15.5. The zero-order chi connectivity index (χ0) is 18.8. The van der Waals surface area contributed by atoms with E-state index in [0.29, 0.717) is 37.6 Å². The number of methoxy groups -OCH3 is 2. The Balaban J connectivity index is 1.73. The van der Waals surface area contributed by atoms with E-state index in [-0.39, 0.29) is 6.03 Å². The van der Waals surface area contributed by atoms with Crippen LogP contribution in [0.15, 0.2) is 42.5 Å². The third-order valence-electron chi connectivity index (χ3n) is 3.83. The summed E-state index contributed by atoms with van der Waals surface area (Å²) in [7, 11) is 3.21. The summed E-state index contributed by atoms with van der Waals surface area (Å²) >= 11 is 0. The van der Waals surface area contributed by atoms with Crippen LogP contribution >= 0.6 is 0 Å². The monoisotopic (exact) mass is 358 g/mol. The van der Waals surface area contributed by atoms with E-state index >= 15 is 0 Å². The molecule has 0 aliphatic rings. The van der Waals surface area contributed by atoms with Crippen LogP contribution in [0.5, 0.6) is 17.2 Å². The quantitative estimate of drug-likeness (QED) is 0.723. The molecule has 0 aromatic heterocycles. The molecular weight excluding hydrogens is 332 g/mol. The Morgan fingerprint density at radius 2 is 1.62 bits per heavy atom. The lowest BCUT2D eigenvalue weighted by Gasteiger charge is -2.11. The minimum atomic E-state index is -0.195. The molecule has 0 aliphatic heterocycles. The molecule has 2 N–H and O–H groups in total. The van der Waals surface area contributed by atoms with E-state index < -0.39 is 0 Å². The van der Waals surface area contributed by atoms with Crippen LogP contribution < -0.4 is 24.8 Å². The van der Waals surface area contributed by atoms with Gasteiger partial charge in [0, 0.05) is 13.1 Å². The number of amides is 2. The molecule has 0 aliphatic carbocycles. The SMILES string of the molecule is CCOc1ccc(CNC(=O)NCCc2ccc(OC)c(OC)c2)cc1. The van der Waals surface area contributed by atoms with Crippen LogP contribution in [0, 0.1) is 0 Å². The predicted molar refractivity (Wildman–Crippen MR) is 101 cm³/mol. The number of carbonyl (C=O) groups is 1. The Morgan fingerprint density at radius 3 is 2.27 bits per heavy atom. The summed E-state index contributed by atoms with van der Waals surface area (Å²) in [4.78, 5) is 11.9. The van der Waals surface area contributed by atoms with Crippen LogP contribution in [0.25, 0.3) is 0 Å². The first kappa shape index (κ1) is 19.4. The van der Waals surface area contributed by atoms with Crippen molar-refractivity contribution in [3.63, 3.8) is 0 Å². The normalized spacial score (nSPS) is 10.1. The predicted octanol–water partition coefficient (Wildman–Crippen LogP) is 3.14. The van der Waals surface area contributed by atoms with Gasteiger partial charge in [-0.05, 0) is 48.7 Å². The Bertz CT molecular complexity index is 701. The highest BCUT2D eigenvalue weighted by Gasteiger charge is 2.05. The van der Waals surface area contributed by atoms with Crippen molar-refractivity contribution in [3.05, 3.63) is 53.6 Å². The fourth-order valence-corrected chi connectivity index (χ4v) is 2.47. The van der Waals surface area contributed by atoms with Crippen LogP contribution in [-0.4, -0.2) is 33.4 Å². The average molecular weight is 358 g/mol. The lowest BCUT2D eigenvalue weighted by Crippen LogP contribution is -2.36. The van der Waals surface area contributed by atoms with Crippen molar-refractivity contribution in [1.29, 1.82) is 0 Å². The third-order valence-corrected chi connectivity index (χ3v) is 3.83. The minimum absolute atomic E-state index is 0.195. The van der Waals surface area contributed by atoms with E-state index in [4.69, 9.17) is 14.2 Å². The lowest BCUT2D eigenvalue weighted by atomic mass is 10.1. The summed E-state index contributed by atoms with van der Waals surface area (Å²) in [6.45, 7) is 3.58. The van der Waals surface area contributed by atoms with Crippen LogP contribution in [-0.2, 0) is 13.0 Å². The largest absolute Gasteiger partial charge is 0.494 e. The van der Waals surface area contributed by atoms with Crippen LogP contribution in [0.2, 0.25) is 0 Å². The molecule has 0 saturated carbocycles. The number of hydrogen-bond acceptors (Lipinski definition) is 4. The molecule has 2 amide bonds. The number of hydrogen-bond donors (Lipinski definition) is 2. The van der Waals surface area contributed by atoms with Crippen LogP contribution in [0.1, 0.15) is 18.1 Å². The van der Waals surface area contributed by atoms with Crippen LogP contribution in [0.4, 0.5) is 4.79 Å². The number of carbonyl (C=O) groups excluding carboxylic acids is 1. The highest BCUT2D eigenvalue weighted by Crippen LogP contribution is 2.27. The first-order valence-corrected chi connectivity index (χ1v) is 8.60. The van der Waals surface area contributed by atoms with Gasteiger partial charge in [-0.2, -0.15) is 0 Å². The summed E-state index contributed by atoms with van der Waals surface area (Å²) < 4.78 is 15.9. The maximum Gasteiger partial charge on any atom is 0.315 e. The summed E-state index contributed by atoms with van der Waals surface area (Å²) in [6.07, 6.45) is 0.705. The van der Waals surface area contributed by atoms with Crippen molar-refractivity contribution in [2.24, 2.45) is 0 Å². The Morgan fingerprint density at radius 1 is 0.923 bits per heavy atom. The molecule has 2 aromatic carbocycles. The van der Waals surface area contributed by atoms with Crippen molar-refractivity contribution in [2.75, 3.05) is 27.4 Å². The van der Waals surface area contributed by atoms with E-state index in [0.717, 1.165) is 16.9 Å². The topological polar surface area (TPSA) is 68.8 Å². The molecule has 2 aromatic rings.